The summed E-state index contributed by atoms with van der Waals surface area (Å²) >= 11 is 0. The predicted molar refractivity (Wildman–Crippen MR) is 127 cm³/mol. The lowest BCUT2D eigenvalue weighted by Gasteiger charge is -2.29. The van der Waals surface area contributed by atoms with Crippen molar-refractivity contribution in [2.45, 2.75) is 23.5 Å². The van der Waals surface area contributed by atoms with Crippen LogP contribution in [0.4, 0.5) is 0 Å². The van der Waals surface area contributed by atoms with Crippen molar-refractivity contribution in [3.8, 4) is 18.1 Å². The number of aliphatic hydroxyl groups is 1. The number of aliphatic hydroxyl groups excluding tert-OH is 1. The van der Waals surface area contributed by atoms with E-state index in [1.807, 2.05) is 12.1 Å². The van der Waals surface area contributed by atoms with E-state index in [4.69, 9.17) is 20.6 Å². The molecule has 0 radical (unpaired) electrons. The summed E-state index contributed by atoms with van der Waals surface area (Å²) in [7, 11) is -2.42. The van der Waals surface area contributed by atoms with Crippen LogP contribution in [0.25, 0.3) is 0 Å². The lowest BCUT2D eigenvalue weighted by Crippen LogP contribution is -2.37. The van der Waals surface area contributed by atoms with Gasteiger partial charge in [-0.3, -0.25) is 0 Å². The molecule has 0 spiro atoms. The number of rotatable bonds is 11. The predicted octanol–water partition coefficient (Wildman–Crippen LogP) is 2.17. The average Bonchev–Trinajstić information content (AvgIpc) is 2.88. The van der Waals surface area contributed by atoms with Crippen LogP contribution < -0.4 is 4.74 Å². The largest absolute Gasteiger partial charge is 0.497 e. The molecule has 0 fully saturated rings. The number of sulfonamides is 1. The minimum absolute atomic E-state index is 0.0484. The highest BCUT2D eigenvalue weighted by Crippen LogP contribution is 2.31. The van der Waals surface area contributed by atoms with Crippen LogP contribution in [-0.4, -0.2) is 68.6 Å². The Morgan fingerprint density at radius 1 is 1.17 bits per heavy atom. The molecule has 186 valence electrons. The van der Waals surface area contributed by atoms with E-state index < -0.39 is 22.3 Å². The fourth-order valence-corrected chi connectivity index (χ4v) is 5.03. The van der Waals surface area contributed by atoms with Gasteiger partial charge in [0.25, 0.3) is 0 Å². The molecule has 9 nitrogen and oxygen atoms in total. The zero-order valence-corrected chi connectivity index (χ0v) is 20.0. The first-order chi connectivity index (χ1) is 16.8. The van der Waals surface area contributed by atoms with Gasteiger partial charge in [-0.05, 0) is 48.0 Å². The van der Waals surface area contributed by atoms with Gasteiger partial charge in [0, 0.05) is 31.0 Å². The van der Waals surface area contributed by atoms with Crippen molar-refractivity contribution in [2.75, 3.05) is 33.4 Å². The minimum atomic E-state index is -3.90. The van der Waals surface area contributed by atoms with Crippen LogP contribution in [0.2, 0.25) is 0 Å². The fourth-order valence-electron chi connectivity index (χ4n) is 3.62. The molecule has 1 aliphatic rings. The molecular weight excluding hydrogens is 474 g/mol. The molecule has 10 heteroatoms. The number of aliphatic carboxylic acids is 1. The number of ether oxygens (including phenoxy) is 3. The number of hydrogen-bond donors (Lipinski definition) is 2. The Kier molecular flexibility index (Phi) is 8.89. The summed E-state index contributed by atoms with van der Waals surface area (Å²) in [6.07, 6.45) is 6.34. The number of terminal acetylenes is 1. The zero-order valence-electron chi connectivity index (χ0n) is 19.2. The standard InChI is InChI=1S/C25H27NO8S/c1-3-18-4-6-19(7-5-18)20-16-23(25(28)29)34-24(17-20)33-15-13-26(12-14-27)35(30,31)22-10-8-21(32-2)9-11-22/h1,4-11,16,20,24,27H,12-15,17H2,2H3,(H,28,29)/t20-,24+/m1/s1. The number of methoxy groups -OCH3 is 1. The molecule has 0 aromatic heterocycles. The van der Waals surface area contributed by atoms with Gasteiger partial charge in [-0.2, -0.15) is 4.31 Å². The van der Waals surface area contributed by atoms with E-state index in [-0.39, 0.29) is 42.9 Å². The van der Waals surface area contributed by atoms with Gasteiger partial charge in [-0.1, -0.05) is 18.1 Å². The quantitative estimate of drug-likeness (QED) is 0.449. The third-order valence-corrected chi connectivity index (χ3v) is 7.38. The van der Waals surface area contributed by atoms with Crippen molar-refractivity contribution in [3.63, 3.8) is 0 Å². The number of nitrogens with zero attached hydrogens (tertiary/aromatic N) is 1. The molecule has 3 rings (SSSR count). The number of benzene rings is 2. The summed E-state index contributed by atoms with van der Waals surface area (Å²) in [5, 5.41) is 18.9. The van der Waals surface area contributed by atoms with Crippen LogP contribution in [0.5, 0.6) is 5.75 Å². The summed E-state index contributed by atoms with van der Waals surface area (Å²) < 4.78 is 43.4. The molecule has 0 aliphatic carbocycles. The van der Waals surface area contributed by atoms with E-state index >= 15 is 0 Å². The van der Waals surface area contributed by atoms with Crippen molar-refractivity contribution in [2.24, 2.45) is 0 Å². The van der Waals surface area contributed by atoms with Crippen molar-refractivity contribution in [1.29, 1.82) is 0 Å². The van der Waals surface area contributed by atoms with Crippen molar-refractivity contribution in [3.05, 3.63) is 71.5 Å². The van der Waals surface area contributed by atoms with Gasteiger partial charge in [0.2, 0.25) is 22.1 Å². The molecule has 2 atom stereocenters. The van der Waals surface area contributed by atoms with Crippen molar-refractivity contribution in [1.82, 2.24) is 4.31 Å². The number of carboxylic acids is 1. The fraction of sp³-hybridized carbons (Fsp3) is 0.320. The number of carbonyl (C=O) groups is 1. The molecule has 0 unspecified atom stereocenters. The Hall–Kier alpha value is -3.36. The van der Waals surface area contributed by atoms with Gasteiger partial charge in [0.05, 0.1) is 25.2 Å². The van der Waals surface area contributed by atoms with Gasteiger partial charge in [0.15, 0.2) is 0 Å². The van der Waals surface area contributed by atoms with E-state index in [1.54, 1.807) is 12.1 Å². The van der Waals surface area contributed by atoms with Crippen LogP contribution in [-0.2, 0) is 24.3 Å². The smallest absolute Gasteiger partial charge is 0.370 e. The van der Waals surface area contributed by atoms with Gasteiger partial charge < -0.3 is 24.4 Å². The molecule has 0 saturated heterocycles. The molecule has 1 aliphatic heterocycles. The van der Waals surface area contributed by atoms with Crippen LogP contribution in [0.1, 0.15) is 23.5 Å². The molecule has 2 aromatic rings. The molecule has 35 heavy (non-hydrogen) atoms. The van der Waals surface area contributed by atoms with Crippen LogP contribution in [0.15, 0.2) is 65.3 Å². The van der Waals surface area contributed by atoms with Gasteiger partial charge >= 0.3 is 5.97 Å². The Morgan fingerprint density at radius 3 is 2.43 bits per heavy atom. The highest BCUT2D eigenvalue weighted by molar-refractivity contribution is 7.89. The summed E-state index contributed by atoms with van der Waals surface area (Å²) in [5.74, 6) is 1.29. The van der Waals surface area contributed by atoms with E-state index in [9.17, 15) is 23.4 Å². The van der Waals surface area contributed by atoms with E-state index in [0.717, 1.165) is 9.87 Å². The SMILES string of the molecule is C#Cc1ccc([C@@H]2C=C(C(=O)O)O[C@H](OCCN(CCO)S(=O)(=O)c3ccc(OC)cc3)C2)cc1. The summed E-state index contributed by atoms with van der Waals surface area (Å²) in [4.78, 5) is 11.6. The number of hydrogen-bond acceptors (Lipinski definition) is 7. The molecule has 2 aromatic carbocycles. The normalized spacial score (nSPS) is 17.8. The van der Waals surface area contributed by atoms with Gasteiger partial charge in [-0.15, -0.1) is 6.42 Å². The maximum absolute atomic E-state index is 13.0. The molecule has 2 N–H and O–H groups in total. The van der Waals surface area contributed by atoms with E-state index in [2.05, 4.69) is 5.92 Å². The molecule has 1 heterocycles. The van der Waals surface area contributed by atoms with E-state index in [1.165, 1.54) is 37.5 Å². The van der Waals surface area contributed by atoms with E-state index in [0.29, 0.717) is 17.7 Å². The number of carboxylic acid groups (broad SMARTS) is 1. The topological polar surface area (TPSA) is 123 Å². The Balaban J connectivity index is 1.68. The Labute approximate surface area is 204 Å². The lowest BCUT2D eigenvalue weighted by molar-refractivity contribution is -0.157. The summed E-state index contributed by atoms with van der Waals surface area (Å²) in [5.41, 5.74) is 1.56. The monoisotopic (exact) mass is 501 g/mol. The summed E-state index contributed by atoms with van der Waals surface area (Å²) in [6, 6.07) is 13.1. The average molecular weight is 502 g/mol. The third-order valence-electron chi connectivity index (χ3n) is 5.46. The highest BCUT2D eigenvalue weighted by atomic mass is 32.2. The second-order valence-corrected chi connectivity index (χ2v) is 9.60. The minimum Gasteiger partial charge on any atom is -0.497 e. The molecule has 0 saturated carbocycles. The maximum atomic E-state index is 13.0. The van der Waals surface area contributed by atoms with Crippen LogP contribution in [0.3, 0.4) is 0 Å². The van der Waals surface area contributed by atoms with Crippen LogP contribution in [0, 0.1) is 12.3 Å². The van der Waals surface area contributed by atoms with Crippen LogP contribution >= 0.6 is 0 Å². The Morgan fingerprint density at radius 2 is 1.86 bits per heavy atom. The highest BCUT2D eigenvalue weighted by Gasteiger charge is 2.30. The summed E-state index contributed by atoms with van der Waals surface area (Å²) in [6.45, 7) is -0.650. The molecule has 0 amide bonds. The number of allylic oxidation sites excluding steroid dienone is 1. The lowest BCUT2D eigenvalue weighted by atomic mass is 9.92. The van der Waals surface area contributed by atoms with Gasteiger partial charge in [-0.25, -0.2) is 13.2 Å². The first-order valence-corrected chi connectivity index (χ1v) is 12.3. The second kappa shape index (κ2) is 11.9. The Bertz CT molecular complexity index is 1180. The van der Waals surface area contributed by atoms with Crippen molar-refractivity contribution < 1.29 is 37.6 Å². The first kappa shape index (κ1) is 26.2. The zero-order chi connectivity index (χ0) is 25.4. The molecular formula is C25H27NO8S. The second-order valence-electron chi connectivity index (χ2n) is 7.67. The first-order valence-electron chi connectivity index (χ1n) is 10.8. The van der Waals surface area contributed by atoms with Gasteiger partial charge in [0.1, 0.15) is 5.75 Å². The van der Waals surface area contributed by atoms with Crippen molar-refractivity contribution >= 4 is 16.0 Å². The third kappa shape index (κ3) is 6.61. The maximum Gasteiger partial charge on any atom is 0.370 e. The molecule has 0 bridgehead atoms.